The Kier molecular flexibility index (Phi) is 6.42. The summed E-state index contributed by atoms with van der Waals surface area (Å²) in [5.74, 6) is 1.17. The molecule has 0 aliphatic carbocycles. The predicted molar refractivity (Wildman–Crippen MR) is 145 cm³/mol. The van der Waals surface area contributed by atoms with Crippen LogP contribution in [0.2, 0.25) is 0 Å². The third-order valence-corrected chi connectivity index (χ3v) is 7.90. The van der Waals surface area contributed by atoms with Crippen molar-refractivity contribution in [3.63, 3.8) is 0 Å². The monoisotopic (exact) mass is 502 g/mol. The molecule has 0 amide bonds. The standard InChI is InChI=1S/C28H35FN8/c1-4-35-11-13-36(14-12-35)18-20-6-8-25(34(3)17-20)33-28-30-10-9-23(31-28)21-15-22(29)27-24(16-21)37-19(2)5-7-26(37)32-27/h6,8-10,15-17,19,25H,4-5,7,11-14,18H2,1-3H3,(H,30,31,33). The molecule has 0 saturated carbocycles. The van der Waals surface area contributed by atoms with E-state index in [1.54, 1.807) is 6.20 Å². The number of anilines is 1. The van der Waals surface area contributed by atoms with E-state index in [4.69, 9.17) is 4.98 Å². The van der Waals surface area contributed by atoms with Crippen molar-refractivity contribution >= 4 is 17.0 Å². The second-order valence-corrected chi connectivity index (χ2v) is 10.4. The van der Waals surface area contributed by atoms with Gasteiger partial charge in [0, 0.05) is 70.2 Å². The average molecular weight is 503 g/mol. The molecule has 0 radical (unpaired) electrons. The van der Waals surface area contributed by atoms with E-state index in [1.807, 2.05) is 12.1 Å². The summed E-state index contributed by atoms with van der Waals surface area (Å²) in [6, 6.07) is 5.69. The molecule has 8 nitrogen and oxygen atoms in total. The summed E-state index contributed by atoms with van der Waals surface area (Å²) in [7, 11) is 2.06. The topological polar surface area (TPSA) is 65.3 Å². The highest BCUT2D eigenvalue weighted by atomic mass is 19.1. The Morgan fingerprint density at radius 1 is 1.11 bits per heavy atom. The highest BCUT2D eigenvalue weighted by molar-refractivity contribution is 5.83. The maximum atomic E-state index is 15.0. The lowest BCUT2D eigenvalue weighted by Crippen LogP contribution is -2.47. The molecular formula is C28H35FN8. The van der Waals surface area contributed by atoms with Gasteiger partial charge in [-0.05, 0) is 49.7 Å². The van der Waals surface area contributed by atoms with Crippen LogP contribution in [0.1, 0.15) is 32.1 Å². The summed E-state index contributed by atoms with van der Waals surface area (Å²) < 4.78 is 17.2. The minimum Gasteiger partial charge on any atom is -0.357 e. The van der Waals surface area contributed by atoms with Gasteiger partial charge in [0.25, 0.3) is 0 Å². The van der Waals surface area contributed by atoms with Crippen LogP contribution >= 0.6 is 0 Å². The van der Waals surface area contributed by atoms with Crippen LogP contribution in [0.15, 0.2) is 48.3 Å². The molecule has 1 aromatic carbocycles. The number of likely N-dealkylation sites (N-methyl/N-ethyl adjacent to an activating group) is 2. The van der Waals surface area contributed by atoms with Gasteiger partial charge in [-0.25, -0.2) is 19.3 Å². The third-order valence-electron chi connectivity index (χ3n) is 7.90. The Hall–Kier alpha value is -3.30. The van der Waals surface area contributed by atoms with Crippen LogP contribution in [0.3, 0.4) is 0 Å². The number of halogens is 1. The summed E-state index contributed by atoms with van der Waals surface area (Å²) in [5.41, 5.74) is 4.00. The molecule has 1 fully saturated rings. The van der Waals surface area contributed by atoms with Gasteiger partial charge in [-0.3, -0.25) is 4.90 Å². The molecule has 2 atom stereocenters. The van der Waals surface area contributed by atoms with E-state index in [-0.39, 0.29) is 12.0 Å². The van der Waals surface area contributed by atoms with E-state index >= 15 is 4.39 Å². The Morgan fingerprint density at radius 3 is 2.70 bits per heavy atom. The van der Waals surface area contributed by atoms with Crippen molar-refractivity contribution in [2.45, 2.75) is 38.9 Å². The summed E-state index contributed by atoms with van der Waals surface area (Å²) in [6.45, 7) is 11.0. The minimum absolute atomic E-state index is 0.0610. The van der Waals surface area contributed by atoms with Crippen LogP contribution in [0, 0.1) is 5.82 Å². The zero-order valence-electron chi connectivity index (χ0n) is 21.9. The highest BCUT2D eigenvalue weighted by Crippen LogP contribution is 2.34. The van der Waals surface area contributed by atoms with E-state index in [2.05, 4.69) is 73.8 Å². The molecule has 2 aromatic heterocycles. The highest BCUT2D eigenvalue weighted by Gasteiger charge is 2.25. The van der Waals surface area contributed by atoms with Crippen LogP contribution in [-0.2, 0) is 6.42 Å². The SMILES string of the molecule is CCN1CCN(CC2=CN(C)C(Nc3nccc(-c4cc(F)c5nc6n(c5c4)C(C)CC6)n3)C=C2)CC1. The summed E-state index contributed by atoms with van der Waals surface area (Å²) in [5, 5.41) is 3.41. The molecule has 37 heavy (non-hydrogen) atoms. The van der Waals surface area contributed by atoms with Crippen molar-refractivity contribution in [2.24, 2.45) is 0 Å². The minimum atomic E-state index is -0.307. The number of aromatic nitrogens is 4. The van der Waals surface area contributed by atoms with Crippen molar-refractivity contribution in [3.8, 4) is 11.3 Å². The molecule has 0 spiro atoms. The molecular weight excluding hydrogens is 467 g/mol. The van der Waals surface area contributed by atoms with E-state index in [1.165, 1.54) is 11.6 Å². The lowest BCUT2D eigenvalue weighted by molar-refractivity contribution is 0.146. The van der Waals surface area contributed by atoms with Crippen molar-refractivity contribution in [3.05, 3.63) is 60.0 Å². The first-order valence-corrected chi connectivity index (χ1v) is 13.3. The van der Waals surface area contributed by atoms with Gasteiger partial charge < -0.3 is 19.7 Å². The average Bonchev–Trinajstić information content (AvgIpc) is 3.46. The molecule has 6 rings (SSSR count). The van der Waals surface area contributed by atoms with Crippen LogP contribution < -0.4 is 5.32 Å². The molecule has 194 valence electrons. The molecule has 3 aliphatic heterocycles. The molecule has 1 saturated heterocycles. The van der Waals surface area contributed by atoms with E-state index in [0.717, 1.165) is 69.0 Å². The van der Waals surface area contributed by atoms with Gasteiger partial charge in [0.05, 0.1) is 11.2 Å². The first kappa shape index (κ1) is 24.1. The fourth-order valence-electron chi connectivity index (χ4n) is 5.71. The summed E-state index contributed by atoms with van der Waals surface area (Å²) >= 11 is 0. The van der Waals surface area contributed by atoms with Crippen LogP contribution in [0.5, 0.6) is 0 Å². The largest absolute Gasteiger partial charge is 0.357 e. The van der Waals surface area contributed by atoms with Gasteiger partial charge in [-0.15, -0.1) is 0 Å². The van der Waals surface area contributed by atoms with E-state index in [0.29, 0.717) is 23.2 Å². The maximum absolute atomic E-state index is 15.0. The van der Waals surface area contributed by atoms with Crippen molar-refractivity contribution in [1.82, 2.24) is 34.2 Å². The molecule has 3 aromatic rings. The quantitative estimate of drug-likeness (QED) is 0.548. The first-order chi connectivity index (χ1) is 18.0. The van der Waals surface area contributed by atoms with Crippen LogP contribution in [0.25, 0.3) is 22.3 Å². The Labute approximate surface area is 217 Å². The molecule has 0 bridgehead atoms. The molecule has 9 heteroatoms. The van der Waals surface area contributed by atoms with Gasteiger partial charge in [0.2, 0.25) is 5.95 Å². The number of hydrogen-bond donors (Lipinski definition) is 1. The zero-order chi connectivity index (χ0) is 25.5. The number of rotatable bonds is 6. The number of nitrogens with one attached hydrogen (secondary N) is 1. The van der Waals surface area contributed by atoms with Crippen LogP contribution in [-0.4, -0.2) is 86.7 Å². The van der Waals surface area contributed by atoms with Gasteiger partial charge in [0.15, 0.2) is 5.82 Å². The number of fused-ring (bicyclic) bond motifs is 3. The number of nitrogens with zero attached hydrogens (tertiary/aromatic N) is 7. The van der Waals surface area contributed by atoms with Gasteiger partial charge in [-0.2, -0.15) is 0 Å². The summed E-state index contributed by atoms with van der Waals surface area (Å²) in [6.07, 6.45) is 10.1. The number of hydrogen-bond acceptors (Lipinski definition) is 7. The second-order valence-electron chi connectivity index (χ2n) is 10.4. The van der Waals surface area contributed by atoms with Crippen molar-refractivity contribution < 1.29 is 4.39 Å². The smallest absolute Gasteiger partial charge is 0.225 e. The third kappa shape index (κ3) is 4.73. The lowest BCUT2D eigenvalue weighted by atomic mass is 10.1. The van der Waals surface area contributed by atoms with Crippen LogP contribution in [0.4, 0.5) is 10.3 Å². The molecule has 5 heterocycles. The molecule has 3 aliphatic rings. The maximum Gasteiger partial charge on any atom is 0.225 e. The zero-order valence-corrected chi connectivity index (χ0v) is 21.9. The number of piperazine rings is 1. The van der Waals surface area contributed by atoms with Crippen molar-refractivity contribution in [1.29, 1.82) is 0 Å². The number of benzene rings is 1. The normalized spacial score (nSPS) is 22.5. The lowest BCUT2D eigenvalue weighted by Gasteiger charge is -2.35. The fraction of sp³-hybridized carbons (Fsp3) is 0.464. The summed E-state index contributed by atoms with van der Waals surface area (Å²) in [4.78, 5) is 20.9. The predicted octanol–water partition coefficient (Wildman–Crippen LogP) is 3.90. The molecule has 1 N–H and O–H groups in total. The van der Waals surface area contributed by atoms with Gasteiger partial charge >= 0.3 is 0 Å². The van der Waals surface area contributed by atoms with E-state index < -0.39 is 0 Å². The van der Waals surface area contributed by atoms with Crippen molar-refractivity contribution in [2.75, 3.05) is 51.6 Å². The second kappa shape index (κ2) is 9.87. The number of aryl methyl sites for hydroxylation is 1. The van der Waals surface area contributed by atoms with Gasteiger partial charge in [0.1, 0.15) is 17.5 Å². The van der Waals surface area contributed by atoms with Gasteiger partial charge in [-0.1, -0.05) is 13.0 Å². The van der Waals surface area contributed by atoms with E-state index in [9.17, 15) is 0 Å². The first-order valence-electron chi connectivity index (χ1n) is 13.3. The Balaban J connectivity index is 1.16. The molecule has 2 unspecified atom stereocenters. The number of imidazole rings is 1. The fourth-order valence-corrected chi connectivity index (χ4v) is 5.71. The Morgan fingerprint density at radius 2 is 1.92 bits per heavy atom. The Bertz CT molecular complexity index is 1350.